The molecule has 2 aromatic heterocycles. The van der Waals surface area contributed by atoms with Crippen LogP contribution < -0.4 is 10.6 Å². The minimum atomic E-state index is -4.64. The molecular weight excluding hydrogens is 485 g/mol. The average molecular weight is 509 g/mol. The van der Waals surface area contributed by atoms with Gasteiger partial charge in [-0.1, -0.05) is 11.6 Å². The number of pyridine rings is 1. The number of nitrogens with one attached hydrogen (secondary N) is 2. The SMILES string of the molecule is CC(=O)N1C[C@@H](NC(=O)c2cnn(C)c2C)C[C@@H](Nc2cc(C(F)(F)F)nc3ccc(Cl)cc23)C1. The van der Waals surface area contributed by atoms with Crippen molar-refractivity contribution in [3.63, 3.8) is 0 Å². The number of amides is 2. The number of hydrogen-bond donors (Lipinski definition) is 2. The summed E-state index contributed by atoms with van der Waals surface area (Å²) >= 11 is 6.10. The van der Waals surface area contributed by atoms with E-state index in [9.17, 15) is 22.8 Å². The summed E-state index contributed by atoms with van der Waals surface area (Å²) < 4.78 is 42.1. The average Bonchev–Trinajstić information content (AvgIpc) is 3.11. The third-order valence-corrected chi connectivity index (χ3v) is 6.37. The maximum absolute atomic E-state index is 13.5. The molecule has 2 amide bonds. The van der Waals surface area contributed by atoms with E-state index < -0.39 is 24.0 Å². The monoisotopic (exact) mass is 508 g/mol. The highest BCUT2D eigenvalue weighted by Crippen LogP contribution is 2.34. The van der Waals surface area contributed by atoms with Gasteiger partial charge in [-0.2, -0.15) is 18.3 Å². The van der Waals surface area contributed by atoms with E-state index in [0.29, 0.717) is 28.1 Å². The van der Waals surface area contributed by atoms with Gasteiger partial charge < -0.3 is 15.5 Å². The Morgan fingerprint density at radius 1 is 1.17 bits per heavy atom. The Balaban J connectivity index is 1.62. The summed E-state index contributed by atoms with van der Waals surface area (Å²) in [5.74, 6) is -0.530. The molecule has 8 nitrogen and oxygen atoms in total. The fourth-order valence-electron chi connectivity index (χ4n) is 4.23. The molecule has 1 saturated heterocycles. The topological polar surface area (TPSA) is 92.2 Å². The van der Waals surface area contributed by atoms with Gasteiger partial charge in [-0.3, -0.25) is 14.3 Å². The number of fused-ring (bicyclic) bond motifs is 1. The second-order valence-corrected chi connectivity index (χ2v) is 9.09. The molecule has 0 spiro atoms. The first-order valence-electron chi connectivity index (χ1n) is 10.9. The highest BCUT2D eigenvalue weighted by Gasteiger charge is 2.35. The normalized spacial score (nSPS) is 18.5. The fourth-order valence-corrected chi connectivity index (χ4v) is 4.40. The van der Waals surface area contributed by atoms with Crippen molar-refractivity contribution in [3.8, 4) is 0 Å². The Labute approximate surface area is 204 Å². The van der Waals surface area contributed by atoms with Gasteiger partial charge in [0.05, 0.1) is 17.3 Å². The van der Waals surface area contributed by atoms with E-state index in [4.69, 9.17) is 11.6 Å². The molecule has 0 saturated carbocycles. The largest absolute Gasteiger partial charge is 0.433 e. The van der Waals surface area contributed by atoms with Crippen LogP contribution in [0.4, 0.5) is 18.9 Å². The van der Waals surface area contributed by atoms with Crippen LogP contribution in [0.25, 0.3) is 10.9 Å². The molecule has 1 aliphatic rings. The summed E-state index contributed by atoms with van der Waals surface area (Å²) in [5, 5.41) is 10.9. The molecule has 1 fully saturated rings. The van der Waals surface area contributed by atoms with Crippen LogP contribution in [-0.2, 0) is 18.0 Å². The highest BCUT2D eigenvalue weighted by molar-refractivity contribution is 6.31. The van der Waals surface area contributed by atoms with E-state index in [2.05, 4.69) is 20.7 Å². The van der Waals surface area contributed by atoms with E-state index in [0.717, 1.165) is 6.07 Å². The molecular formula is C23H24ClF3N6O2. The smallest absolute Gasteiger partial charge is 0.380 e. The maximum Gasteiger partial charge on any atom is 0.433 e. The number of aryl methyl sites for hydroxylation is 1. The lowest BCUT2D eigenvalue weighted by atomic mass is 9.99. The number of carbonyl (C=O) groups excluding carboxylic acids is 2. The molecule has 2 atom stereocenters. The number of carbonyl (C=O) groups is 2. The molecule has 0 unspecified atom stereocenters. The summed E-state index contributed by atoms with van der Waals surface area (Å²) in [6.07, 6.45) is -2.78. The standard InChI is InChI=1S/C23H24ClF3N6O2/c1-12-18(9-28-32(12)3)22(35)30-16-7-15(10-33(11-16)13(2)34)29-20-8-21(23(25,26)27)31-19-5-4-14(24)6-17(19)20/h4-6,8-9,15-16H,7,10-11H2,1-3H3,(H,29,31)(H,30,35)/t15-,16+/m1/s1. The zero-order chi connectivity index (χ0) is 25.5. The predicted octanol–water partition coefficient (Wildman–Crippen LogP) is 3.78. The van der Waals surface area contributed by atoms with E-state index in [1.54, 1.807) is 29.6 Å². The molecule has 3 aromatic rings. The predicted molar refractivity (Wildman–Crippen MR) is 125 cm³/mol. The number of halogens is 4. The van der Waals surface area contributed by atoms with Crippen LogP contribution in [0.1, 0.15) is 35.1 Å². The number of alkyl halides is 3. The molecule has 0 bridgehead atoms. The molecule has 3 heterocycles. The Morgan fingerprint density at radius 3 is 2.51 bits per heavy atom. The van der Waals surface area contributed by atoms with Gasteiger partial charge in [0.1, 0.15) is 5.69 Å². The molecule has 4 rings (SSSR count). The number of piperidine rings is 1. The number of hydrogen-bond acceptors (Lipinski definition) is 5. The van der Waals surface area contributed by atoms with Gasteiger partial charge >= 0.3 is 6.18 Å². The van der Waals surface area contributed by atoms with E-state index >= 15 is 0 Å². The molecule has 1 aromatic carbocycles. The van der Waals surface area contributed by atoms with Gasteiger partial charge in [0, 0.05) is 60.9 Å². The lowest BCUT2D eigenvalue weighted by molar-refractivity contribution is -0.140. The molecule has 0 radical (unpaired) electrons. The van der Waals surface area contributed by atoms with Crippen LogP contribution in [0.15, 0.2) is 30.5 Å². The van der Waals surface area contributed by atoms with E-state index in [1.165, 1.54) is 25.3 Å². The molecule has 2 N–H and O–H groups in total. The third-order valence-electron chi connectivity index (χ3n) is 6.13. The first-order chi connectivity index (χ1) is 16.4. The number of rotatable bonds is 4. The lowest BCUT2D eigenvalue weighted by Gasteiger charge is -2.38. The van der Waals surface area contributed by atoms with Crippen molar-refractivity contribution >= 4 is 40.0 Å². The Kier molecular flexibility index (Phi) is 6.63. The molecule has 12 heteroatoms. The van der Waals surface area contributed by atoms with Gasteiger partial charge in [0.2, 0.25) is 5.91 Å². The van der Waals surface area contributed by atoms with Crippen molar-refractivity contribution in [3.05, 3.63) is 52.4 Å². The summed E-state index contributed by atoms with van der Waals surface area (Å²) in [6, 6.07) is 4.54. The van der Waals surface area contributed by atoms with Crippen molar-refractivity contribution in [2.45, 2.75) is 38.5 Å². The van der Waals surface area contributed by atoms with Crippen molar-refractivity contribution in [2.24, 2.45) is 7.05 Å². The highest BCUT2D eigenvalue weighted by atomic mass is 35.5. The van der Waals surface area contributed by atoms with Crippen molar-refractivity contribution in [1.82, 2.24) is 25.0 Å². The van der Waals surface area contributed by atoms with Crippen LogP contribution in [0, 0.1) is 6.92 Å². The molecule has 35 heavy (non-hydrogen) atoms. The van der Waals surface area contributed by atoms with Crippen molar-refractivity contribution < 1.29 is 22.8 Å². The van der Waals surface area contributed by atoms with Gasteiger partial charge in [-0.15, -0.1) is 0 Å². The second kappa shape index (κ2) is 9.37. The maximum atomic E-state index is 13.5. The van der Waals surface area contributed by atoms with Crippen LogP contribution in [0.3, 0.4) is 0 Å². The number of likely N-dealkylation sites (tertiary alicyclic amines) is 1. The van der Waals surface area contributed by atoms with Crippen LogP contribution in [0.5, 0.6) is 0 Å². The number of nitrogens with zero attached hydrogens (tertiary/aromatic N) is 4. The van der Waals surface area contributed by atoms with Crippen LogP contribution >= 0.6 is 11.6 Å². The first-order valence-corrected chi connectivity index (χ1v) is 11.3. The zero-order valence-corrected chi connectivity index (χ0v) is 20.0. The van der Waals surface area contributed by atoms with Crippen LogP contribution in [0.2, 0.25) is 5.02 Å². The van der Waals surface area contributed by atoms with Crippen LogP contribution in [-0.4, -0.2) is 56.7 Å². The summed E-state index contributed by atoms with van der Waals surface area (Å²) in [5.41, 5.74) is 0.417. The summed E-state index contributed by atoms with van der Waals surface area (Å²) in [4.78, 5) is 30.3. The van der Waals surface area contributed by atoms with Gasteiger partial charge in [-0.25, -0.2) is 4.98 Å². The van der Waals surface area contributed by atoms with Crippen molar-refractivity contribution in [2.75, 3.05) is 18.4 Å². The first kappa shape index (κ1) is 24.8. The number of benzene rings is 1. The van der Waals surface area contributed by atoms with E-state index in [1.807, 2.05) is 0 Å². The second-order valence-electron chi connectivity index (χ2n) is 8.65. The molecule has 0 aliphatic carbocycles. The number of aromatic nitrogens is 3. The minimum absolute atomic E-state index is 0.142. The Bertz CT molecular complexity index is 1290. The Morgan fingerprint density at radius 2 is 1.89 bits per heavy atom. The fraction of sp³-hybridized carbons (Fsp3) is 0.391. The van der Waals surface area contributed by atoms with Gasteiger partial charge in [0.15, 0.2) is 0 Å². The zero-order valence-electron chi connectivity index (χ0n) is 19.3. The minimum Gasteiger partial charge on any atom is -0.380 e. The Hall–Kier alpha value is -3.34. The van der Waals surface area contributed by atoms with Gasteiger partial charge in [0.25, 0.3) is 5.91 Å². The quantitative estimate of drug-likeness (QED) is 0.559. The molecule has 186 valence electrons. The van der Waals surface area contributed by atoms with Crippen molar-refractivity contribution in [1.29, 1.82) is 0 Å². The number of anilines is 1. The summed E-state index contributed by atoms with van der Waals surface area (Å²) in [7, 11) is 1.73. The third kappa shape index (κ3) is 5.34. The van der Waals surface area contributed by atoms with E-state index in [-0.39, 0.29) is 36.1 Å². The lowest BCUT2D eigenvalue weighted by Crippen LogP contribution is -2.55. The molecule has 1 aliphatic heterocycles. The van der Waals surface area contributed by atoms with Gasteiger partial charge in [-0.05, 0) is 37.6 Å². The summed E-state index contributed by atoms with van der Waals surface area (Å²) in [6.45, 7) is 3.73.